The summed E-state index contributed by atoms with van der Waals surface area (Å²) in [6, 6.07) is -0.410. The van der Waals surface area contributed by atoms with Crippen LogP contribution in [-0.4, -0.2) is 42.0 Å². The van der Waals surface area contributed by atoms with E-state index >= 15 is 0 Å². The van der Waals surface area contributed by atoms with Crippen molar-refractivity contribution in [2.45, 2.75) is 31.5 Å². The van der Waals surface area contributed by atoms with Crippen molar-refractivity contribution in [3.63, 3.8) is 0 Å². The standard InChI is InChI=1S/C13H14F3N3O.ClH/c14-13(15,16)8-1-2-11-10(7-8)18-12(20)19(11)9-3-5-17-6-4-9;/h1-2,9,17H,3-7H2;1H. The molecule has 4 nitrogen and oxygen atoms in total. The highest BCUT2D eigenvalue weighted by molar-refractivity contribution is 6.14. The number of fused-ring (bicyclic) bond motifs is 1. The predicted molar refractivity (Wildman–Crippen MR) is 74.6 cm³/mol. The molecule has 1 N–H and O–H groups in total. The number of hydrogen-bond acceptors (Lipinski definition) is 2. The van der Waals surface area contributed by atoms with Crippen LogP contribution in [0.3, 0.4) is 0 Å². The maximum absolute atomic E-state index is 12.7. The molecule has 8 heteroatoms. The molecule has 1 saturated heterocycles. The Morgan fingerprint density at radius 2 is 1.90 bits per heavy atom. The average molecular weight is 322 g/mol. The van der Waals surface area contributed by atoms with Crippen molar-refractivity contribution in [2.24, 2.45) is 4.99 Å². The number of amides is 2. The van der Waals surface area contributed by atoms with Gasteiger partial charge in [-0.25, -0.2) is 4.79 Å². The number of halogens is 4. The molecule has 2 heterocycles. The molecule has 0 bridgehead atoms. The van der Waals surface area contributed by atoms with Gasteiger partial charge < -0.3 is 5.32 Å². The van der Waals surface area contributed by atoms with E-state index in [0.29, 0.717) is 5.70 Å². The summed E-state index contributed by atoms with van der Waals surface area (Å²) in [5.41, 5.74) is 0.123. The van der Waals surface area contributed by atoms with E-state index in [1.54, 1.807) is 4.90 Å². The van der Waals surface area contributed by atoms with Gasteiger partial charge in [-0.1, -0.05) is 6.08 Å². The second-order valence-electron chi connectivity index (χ2n) is 5.11. The van der Waals surface area contributed by atoms with E-state index in [1.807, 2.05) is 0 Å². The molecule has 0 aromatic heterocycles. The lowest BCUT2D eigenvalue weighted by Crippen LogP contribution is -2.43. The van der Waals surface area contributed by atoms with Crippen LogP contribution in [0.5, 0.6) is 0 Å². The maximum Gasteiger partial charge on any atom is 0.413 e. The Morgan fingerprint density at radius 1 is 1.24 bits per heavy atom. The van der Waals surface area contributed by atoms with Crippen LogP contribution < -0.4 is 5.32 Å². The monoisotopic (exact) mass is 321 g/mol. The van der Waals surface area contributed by atoms with Crippen LogP contribution in [0.1, 0.15) is 19.3 Å². The molecule has 0 saturated carbocycles. The van der Waals surface area contributed by atoms with Crippen molar-refractivity contribution in [1.82, 2.24) is 10.2 Å². The molecular weight excluding hydrogens is 307 g/mol. The molecule has 0 atom stereocenters. The second-order valence-corrected chi connectivity index (χ2v) is 5.11. The summed E-state index contributed by atoms with van der Waals surface area (Å²) in [4.78, 5) is 17.3. The Labute approximate surface area is 126 Å². The van der Waals surface area contributed by atoms with Gasteiger partial charge in [-0.15, -0.1) is 12.4 Å². The third kappa shape index (κ3) is 2.98. The zero-order chi connectivity index (χ0) is 14.3. The quantitative estimate of drug-likeness (QED) is 0.807. The van der Waals surface area contributed by atoms with E-state index in [9.17, 15) is 18.0 Å². The van der Waals surface area contributed by atoms with Crippen molar-refractivity contribution >= 4 is 24.1 Å². The first-order valence-corrected chi connectivity index (χ1v) is 6.57. The largest absolute Gasteiger partial charge is 0.413 e. The van der Waals surface area contributed by atoms with Crippen LogP contribution >= 0.6 is 12.4 Å². The molecule has 3 rings (SSSR count). The van der Waals surface area contributed by atoms with E-state index in [-0.39, 0.29) is 30.6 Å². The van der Waals surface area contributed by atoms with E-state index in [2.05, 4.69) is 10.3 Å². The Kier molecular flexibility index (Phi) is 4.43. The summed E-state index contributed by atoms with van der Waals surface area (Å²) in [6.07, 6.45) is -0.666. The van der Waals surface area contributed by atoms with Gasteiger partial charge in [-0.3, -0.25) is 4.90 Å². The van der Waals surface area contributed by atoms with Crippen LogP contribution in [0.25, 0.3) is 0 Å². The number of carbonyl (C=O) groups is 1. The molecule has 2 aliphatic heterocycles. The number of carbonyl (C=O) groups excluding carboxylic acids is 1. The lowest BCUT2D eigenvalue weighted by Gasteiger charge is -2.32. The summed E-state index contributed by atoms with van der Waals surface area (Å²) in [5, 5.41) is 3.20. The molecule has 1 fully saturated rings. The fraction of sp³-hybridized carbons (Fsp3) is 0.538. The minimum absolute atomic E-state index is 0. The summed E-state index contributed by atoms with van der Waals surface area (Å²) in [7, 11) is 0. The molecule has 0 spiro atoms. The van der Waals surface area contributed by atoms with Crippen LogP contribution in [0.2, 0.25) is 0 Å². The third-order valence-electron chi connectivity index (χ3n) is 3.83. The second kappa shape index (κ2) is 5.81. The van der Waals surface area contributed by atoms with E-state index < -0.39 is 17.8 Å². The summed E-state index contributed by atoms with van der Waals surface area (Å²) >= 11 is 0. The number of hydrogen-bond donors (Lipinski definition) is 1. The zero-order valence-corrected chi connectivity index (χ0v) is 11.9. The normalized spacial score (nSPS) is 23.1. The van der Waals surface area contributed by atoms with Crippen molar-refractivity contribution in [3.8, 4) is 0 Å². The van der Waals surface area contributed by atoms with Gasteiger partial charge >= 0.3 is 12.2 Å². The van der Waals surface area contributed by atoms with Gasteiger partial charge in [0.25, 0.3) is 0 Å². The molecule has 0 unspecified atom stereocenters. The van der Waals surface area contributed by atoms with Crippen molar-refractivity contribution < 1.29 is 18.0 Å². The molecule has 0 aromatic carbocycles. The SMILES string of the molecule is Cl.O=C1N=C2CC(C(F)(F)F)=CC=C2N1C1CCNCC1. The van der Waals surface area contributed by atoms with Crippen LogP contribution in [0.15, 0.2) is 28.4 Å². The molecule has 1 aliphatic carbocycles. The van der Waals surface area contributed by atoms with E-state index in [4.69, 9.17) is 0 Å². The Morgan fingerprint density at radius 3 is 2.52 bits per heavy atom. The number of rotatable bonds is 1. The smallest absolute Gasteiger partial charge is 0.317 e. The maximum atomic E-state index is 12.7. The minimum atomic E-state index is -4.37. The van der Waals surface area contributed by atoms with Gasteiger partial charge in [0.15, 0.2) is 0 Å². The van der Waals surface area contributed by atoms with Gasteiger partial charge in [0.2, 0.25) is 0 Å². The van der Waals surface area contributed by atoms with Gasteiger partial charge in [0.1, 0.15) is 0 Å². The molecule has 3 aliphatic rings. The topological polar surface area (TPSA) is 44.7 Å². The van der Waals surface area contributed by atoms with E-state index in [1.165, 1.54) is 6.08 Å². The molecular formula is C13H15ClF3N3O. The number of nitrogens with one attached hydrogen (secondary N) is 1. The van der Waals surface area contributed by atoms with Gasteiger partial charge in [-0.2, -0.15) is 18.2 Å². The fourth-order valence-corrected chi connectivity index (χ4v) is 2.81. The number of urea groups is 1. The number of piperidine rings is 1. The van der Waals surface area contributed by atoms with Gasteiger partial charge in [0.05, 0.1) is 11.4 Å². The zero-order valence-electron chi connectivity index (χ0n) is 11.1. The number of allylic oxidation sites excluding steroid dienone is 4. The molecule has 21 heavy (non-hydrogen) atoms. The summed E-state index contributed by atoms with van der Waals surface area (Å²) < 4.78 is 38.1. The number of alkyl halides is 3. The van der Waals surface area contributed by atoms with E-state index in [0.717, 1.165) is 32.0 Å². The molecule has 0 radical (unpaired) electrons. The lowest BCUT2D eigenvalue weighted by molar-refractivity contribution is -0.0925. The van der Waals surface area contributed by atoms with Crippen molar-refractivity contribution in [1.29, 1.82) is 0 Å². The minimum Gasteiger partial charge on any atom is -0.317 e. The fourth-order valence-electron chi connectivity index (χ4n) is 2.81. The summed E-state index contributed by atoms with van der Waals surface area (Å²) in [5.74, 6) is 0. The highest BCUT2D eigenvalue weighted by atomic mass is 35.5. The van der Waals surface area contributed by atoms with Crippen LogP contribution in [-0.2, 0) is 0 Å². The number of nitrogens with zero attached hydrogens (tertiary/aromatic N) is 2. The Bertz CT molecular complexity index is 533. The first-order valence-electron chi connectivity index (χ1n) is 6.57. The predicted octanol–water partition coefficient (Wildman–Crippen LogP) is 2.81. The lowest BCUT2D eigenvalue weighted by atomic mass is 9.97. The molecule has 2 amide bonds. The first kappa shape index (κ1) is 16.0. The first-order chi connectivity index (χ1) is 9.47. The molecule has 0 aromatic rings. The molecule has 116 valence electrons. The van der Waals surface area contributed by atoms with Crippen molar-refractivity contribution in [3.05, 3.63) is 23.4 Å². The number of aliphatic imine (C=N–C) groups is 1. The third-order valence-corrected chi connectivity index (χ3v) is 3.83. The summed E-state index contributed by atoms with van der Waals surface area (Å²) in [6.45, 7) is 1.61. The Balaban J connectivity index is 0.00000161. The van der Waals surface area contributed by atoms with Crippen LogP contribution in [0, 0.1) is 0 Å². The van der Waals surface area contributed by atoms with Crippen LogP contribution in [0.4, 0.5) is 18.0 Å². The van der Waals surface area contributed by atoms with Gasteiger partial charge in [-0.05, 0) is 32.0 Å². The Hall–Kier alpha value is -1.34. The highest BCUT2D eigenvalue weighted by Crippen LogP contribution is 2.36. The highest BCUT2D eigenvalue weighted by Gasteiger charge is 2.41. The van der Waals surface area contributed by atoms with Crippen molar-refractivity contribution in [2.75, 3.05) is 13.1 Å². The van der Waals surface area contributed by atoms with Gasteiger partial charge in [0, 0.05) is 18.0 Å². The average Bonchev–Trinajstić information content (AvgIpc) is 2.73.